The van der Waals surface area contributed by atoms with Crippen molar-refractivity contribution in [3.8, 4) is 0 Å². The summed E-state index contributed by atoms with van der Waals surface area (Å²) in [7, 11) is 1.54. The molecule has 0 fully saturated rings. The Labute approximate surface area is 58.7 Å². The highest BCUT2D eigenvalue weighted by Gasteiger charge is 2.08. The van der Waals surface area contributed by atoms with Crippen LogP contribution in [0.25, 0.3) is 0 Å². The zero-order valence-corrected chi connectivity index (χ0v) is 5.57. The van der Waals surface area contributed by atoms with E-state index >= 15 is 0 Å². The Morgan fingerprint density at radius 2 is 2.40 bits per heavy atom. The van der Waals surface area contributed by atoms with Crippen molar-refractivity contribution >= 4 is 6.03 Å². The van der Waals surface area contributed by atoms with Crippen molar-refractivity contribution in [1.82, 2.24) is 10.4 Å². The summed E-state index contributed by atoms with van der Waals surface area (Å²) in [5.74, 6) is 0. The van der Waals surface area contributed by atoms with Crippen LogP contribution in [0.15, 0.2) is 24.6 Å². The fourth-order valence-electron chi connectivity index (χ4n) is 0.535. The van der Waals surface area contributed by atoms with Gasteiger partial charge in [0.25, 0.3) is 0 Å². The topological polar surface area (TPSA) is 41.6 Å². The van der Waals surface area contributed by atoms with E-state index in [1.807, 2.05) is 0 Å². The van der Waals surface area contributed by atoms with E-state index < -0.39 is 0 Å². The predicted molar refractivity (Wildman–Crippen MR) is 35.7 cm³/mol. The lowest BCUT2D eigenvalue weighted by Crippen LogP contribution is -2.33. The van der Waals surface area contributed by atoms with E-state index in [2.05, 4.69) is 5.32 Å². The first-order chi connectivity index (χ1) is 4.84. The van der Waals surface area contributed by atoms with E-state index in [1.165, 1.54) is 19.5 Å². The van der Waals surface area contributed by atoms with Crippen LogP contribution in [-0.2, 0) is 4.84 Å². The van der Waals surface area contributed by atoms with Gasteiger partial charge in [-0.1, -0.05) is 0 Å². The lowest BCUT2D eigenvalue weighted by atomic mass is 10.5. The number of rotatable bonds is 0. The van der Waals surface area contributed by atoms with Crippen LogP contribution in [0.3, 0.4) is 0 Å². The number of amides is 2. The zero-order valence-electron chi connectivity index (χ0n) is 5.57. The van der Waals surface area contributed by atoms with Gasteiger partial charge < -0.3 is 10.2 Å². The minimum absolute atomic E-state index is 0.291. The number of hydroxylamine groups is 2. The number of hydrogen-bond donors (Lipinski definition) is 1. The minimum atomic E-state index is -0.291. The van der Waals surface area contributed by atoms with Crippen LogP contribution in [0.2, 0.25) is 0 Å². The molecule has 0 aromatic carbocycles. The summed E-state index contributed by atoms with van der Waals surface area (Å²) >= 11 is 0. The second kappa shape index (κ2) is 2.91. The highest BCUT2D eigenvalue weighted by molar-refractivity contribution is 5.73. The van der Waals surface area contributed by atoms with E-state index in [-0.39, 0.29) is 6.03 Å². The molecule has 54 valence electrons. The standard InChI is InChI=1S/C6H8N2O2/c1-7-6(9)8-4-2-3-5-10-8/h2-5H,1H3,(H,7,9). The molecule has 1 aliphatic heterocycles. The summed E-state index contributed by atoms with van der Waals surface area (Å²) in [6, 6.07) is -0.291. The molecule has 2 amide bonds. The first-order valence-electron chi connectivity index (χ1n) is 2.85. The van der Waals surface area contributed by atoms with E-state index in [1.54, 1.807) is 12.2 Å². The number of carbonyl (C=O) groups excluding carboxylic acids is 1. The molecule has 0 aromatic rings. The van der Waals surface area contributed by atoms with Crippen molar-refractivity contribution in [2.75, 3.05) is 7.05 Å². The van der Waals surface area contributed by atoms with Gasteiger partial charge in [-0.05, 0) is 12.2 Å². The van der Waals surface area contributed by atoms with Gasteiger partial charge >= 0.3 is 6.03 Å². The Balaban J connectivity index is 2.51. The van der Waals surface area contributed by atoms with Gasteiger partial charge in [-0.25, -0.2) is 4.79 Å². The van der Waals surface area contributed by atoms with Crippen LogP contribution in [0.4, 0.5) is 4.79 Å². The molecule has 4 nitrogen and oxygen atoms in total. The van der Waals surface area contributed by atoms with Crippen molar-refractivity contribution in [2.24, 2.45) is 0 Å². The van der Waals surface area contributed by atoms with Gasteiger partial charge in [-0.2, -0.15) is 0 Å². The quantitative estimate of drug-likeness (QED) is 0.535. The number of nitrogens with zero attached hydrogens (tertiary/aromatic N) is 1. The molecule has 1 rings (SSSR count). The smallest absolute Gasteiger partial charge is 0.354 e. The molecule has 10 heavy (non-hydrogen) atoms. The molecule has 0 saturated heterocycles. The zero-order chi connectivity index (χ0) is 7.40. The number of hydrogen-bond acceptors (Lipinski definition) is 2. The monoisotopic (exact) mass is 140 g/mol. The van der Waals surface area contributed by atoms with Gasteiger partial charge in [0.1, 0.15) is 6.26 Å². The molecular weight excluding hydrogens is 132 g/mol. The van der Waals surface area contributed by atoms with E-state index in [0.717, 1.165) is 5.06 Å². The van der Waals surface area contributed by atoms with Gasteiger partial charge in [0.2, 0.25) is 0 Å². The van der Waals surface area contributed by atoms with Crippen LogP contribution >= 0.6 is 0 Å². The summed E-state index contributed by atoms with van der Waals surface area (Å²) in [6.45, 7) is 0. The second-order valence-corrected chi connectivity index (χ2v) is 1.66. The third-order valence-electron chi connectivity index (χ3n) is 1.000. The Bertz CT molecular complexity index is 186. The second-order valence-electron chi connectivity index (χ2n) is 1.66. The maximum atomic E-state index is 10.8. The number of carbonyl (C=O) groups is 1. The summed E-state index contributed by atoms with van der Waals surface area (Å²) < 4.78 is 0. The molecule has 0 spiro atoms. The summed E-state index contributed by atoms with van der Waals surface area (Å²) in [5, 5.41) is 3.51. The molecular formula is C6H8N2O2. The van der Waals surface area contributed by atoms with Crippen LogP contribution in [-0.4, -0.2) is 18.1 Å². The fraction of sp³-hybridized carbons (Fsp3) is 0.167. The molecule has 1 N–H and O–H groups in total. The van der Waals surface area contributed by atoms with Crippen molar-refractivity contribution in [2.45, 2.75) is 0 Å². The molecule has 1 aliphatic rings. The molecule has 4 heteroatoms. The summed E-state index contributed by atoms with van der Waals surface area (Å²) in [5.41, 5.74) is 0. The lowest BCUT2D eigenvalue weighted by molar-refractivity contribution is -0.0160. The first kappa shape index (κ1) is 6.67. The molecule has 0 atom stereocenters. The molecule has 0 unspecified atom stereocenters. The van der Waals surface area contributed by atoms with Crippen LogP contribution in [0.1, 0.15) is 0 Å². The molecule has 0 bridgehead atoms. The largest absolute Gasteiger partial charge is 0.379 e. The fourth-order valence-corrected chi connectivity index (χ4v) is 0.535. The third-order valence-corrected chi connectivity index (χ3v) is 1.000. The third kappa shape index (κ3) is 1.28. The van der Waals surface area contributed by atoms with E-state index in [4.69, 9.17) is 4.84 Å². The van der Waals surface area contributed by atoms with Crippen molar-refractivity contribution in [3.63, 3.8) is 0 Å². The Morgan fingerprint density at radius 3 is 2.90 bits per heavy atom. The average Bonchev–Trinajstić information content (AvgIpc) is 2.05. The van der Waals surface area contributed by atoms with Crippen LogP contribution < -0.4 is 5.32 Å². The van der Waals surface area contributed by atoms with E-state index in [9.17, 15) is 4.79 Å². The van der Waals surface area contributed by atoms with Crippen LogP contribution in [0, 0.1) is 0 Å². The first-order valence-corrected chi connectivity index (χ1v) is 2.85. The Hall–Kier alpha value is -1.45. The van der Waals surface area contributed by atoms with Crippen LogP contribution in [0.5, 0.6) is 0 Å². The van der Waals surface area contributed by atoms with Gasteiger partial charge in [0.05, 0.1) is 6.20 Å². The minimum Gasteiger partial charge on any atom is -0.379 e. The van der Waals surface area contributed by atoms with Gasteiger partial charge in [-0.15, -0.1) is 5.06 Å². The molecule has 0 aromatic heterocycles. The number of urea groups is 1. The normalized spacial score (nSPS) is 14.7. The van der Waals surface area contributed by atoms with Crippen molar-refractivity contribution in [3.05, 3.63) is 24.6 Å². The van der Waals surface area contributed by atoms with Gasteiger partial charge in [0.15, 0.2) is 0 Å². The van der Waals surface area contributed by atoms with Crippen molar-refractivity contribution < 1.29 is 9.63 Å². The van der Waals surface area contributed by atoms with E-state index in [0.29, 0.717) is 0 Å². The lowest BCUT2D eigenvalue weighted by Gasteiger charge is -2.16. The molecule has 1 heterocycles. The van der Waals surface area contributed by atoms with Gasteiger partial charge in [0, 0.05) is 7.05 Å². The van der Waals surface area contributed by atoms with Gasteiger partial charge in [-0.3, -0.25) is 0 Å². The summed E-state index contributed by atoms with van der Waals surface area (Å²) in [6.07, 6.45) is 6.35. The number of allylic oxidation sites excluding steroid dienone is 2. The number of nitrogens with one attached hydrogen (secondary N) is 1. The molecule has 0 saturated carbocycles. The van der Waals surface area contributed by atoms with Crippen molar-refractivity contribution in [1.29, 1.82) is 0 Å². The maximum absolute atomic E-state index is 10.8. The maximum Gasteiger partial charge on any atom is 0.354 e. The molecule has 0 radical (unpaired) electrons. The molecule has 0 aliphatic carbocycles. The Kier molecular flexibility index (Phi) is 1.94. The predicted octanol–water partition coefficient (Wildman–Crippen LogP) is 0.600. The SMILES string of the molecule is CNC(=O)N1C=CC=CO1. The highest BCUT2D eigenvalue weighted by atomic mass is 16.7. The summed E-state index contributed by atoms with van der Waals surface area (Å²) in [4.78, 5) is 15.6. The highest BCUT2D eigenvalue weighted by Crippen LogP contribution is 1.99. The average molecular weight is 140 g/mol. The Morgan fingerprint density at radius 1 is 1.60 bits per heavy atom.